The zero-order valence-electron chi connectivity index (χ0n) is 10.1. The first-order chi connectivity index (χ1) is 7.81. The van der Waals surface area contributed by atoms with Crippen LogP contribution in [0.25, 0.3) is 0 Å². The Bertz CT molecular complexity index is 283. The van der Waals surface area contributed by atoms with Crippen LogP contribution in [0.15, 0.2) is 0 Å². The lowest BCUT2D eigenvalue weighted by atomic mass is 9.96. The van der Waals surface area contributed by atoms with Crippen molar-refractivity contribution >= 4 is 47.1 Å². The van der Waals surface area contributed by atoms with Crippen LogP contribution in [0.3, 0.4) is 0 Å². The third kappa shape index (κ3) is 7.12. The zero-order chi connectivity index (χ0) is 13.5. The number of hydrogen-bond acceptors (Lipinski definition) is 6. The van der Waals surface area contributed by atoms with Gasteiger partial charge in [-0.3, -0.25) is 9.59 Å². The topological polar surface area (TPSA) is 52.6 Å². The summed E-state index contributed by atoms with van der Waals surface area (Å²) < 4.78 is 10.1. The van der Waals surface area contributed by atoms with Crippen LogP contribution in [0.5, 0.6) is 0 Å². The van der Waals surface area contributed by atoms with Gasteiger partial charge in [0, 0.05) is 5.41 Å². The normalized spacial score (nSPS) is 10.8. The molecule has 4 nitrogen and oxygen atoms in total. The molecule has 0 saturated carbocycles. The van der Waals surface area contributed by atoms with Crippen molar-refractivity contribution in [2.75, 3.05) is 0 Å². The minimum atomic E-state index is -0.938. The van der Waals surface area contributed by atoms with E-state index < -0.39 is 23.6 Å². The summed E-state index contributed by atoms with van der Waals surface area (Å²) in [5.41, 5.74) is -0.506. The van der Waals surface area contributed by atoms with Crippen molar-refractivity contribution in [2.24, 2.45) is 5.41 Å². The van der Waals surface area contributed by atoms with Gasteiger partial charge in [0.15, 0.2) is 0 Å². The van der Waals surface area contributed by atoms with E-state index >= 15 is 0 Å². The van der Waals surface area contributed by atoms with Crippen LogP contribution in [0.4, 0.5) is 0 Å². The molecule has 0 aliphatic carbocycles. The molecule has 0 spiro atoms. The van der Waals surface area contributed by atoms with Crippen LogP contribution in [0.2, 0.25) is 0 Å². The summed E-state index contributed by atoms with van der Waals surface area (Å²) in [5.74, 6) is -1.04. The van der Waals surface area contributed by atoms with Crippen LogP contribution >= 0.6 is 24.4 Å². The number of rotatable bonds is 6. The fourth-order valence-electron chi connectivity index (χ4n) is 0.849. The average Bonchev–Trinajstić information content (AvgIpc) is 2.16. The highest BCUT2D eigenvalue weighted by atomic mass is 32.1. The average molecular weight is 276 g/mol. The molecule has 0 bridgehead atoms. The van der Waals surface area contributed by atoms with Crippen LogP contribution in [0, 0.1) is 5.41 Å². The van der Waals surface area contributed by atoms with E-state index in [0.717, 1.165) is 0 Å². The molecule has 17 heavy (non-hydrogen) atoms. The summed E-state index contributed by atoms with van der Waals surface area (Å²) in [6.45, 7) is 5.40. The maximum atomic E-state index is 11.3. The van der Waals surface area contributed by atoms with E-state index in [0.29, 0.717) is 0 Å². The largest absolute Gasteiger partial charge is 0.424 e. The summed E-state index contributed by atoms with van der Waals surface area (Å²) in [4.78, 5) is 22.6. The molecular weight excluding hydrogens is 260 g/mol. The van der Waals surface area contributed by atoms with Gasteiger partial charge in [-0.2, -0.15) is 0 Å². The van der Waals surface area contributed by atoms with Crippen molar-refractivity contribution in [3.05, 3.63) is 0 Å². The lowest BCUT2D eigenvalue weighted by molar-refractivity contribution is -0.205. The number of carbonyl (C=O) groups excluding carboxylic acids is 2. The standard InChI is InChI=1S/C11H16O4S2/c1-11(2,3)10(14-8(12)4-6-16)15-9(13)5-7-17/h6-7,10H,4-5H2,1-3H3. The molecule has 0 N–H and O–H groups in total. The zero-order valence-corrected chi connectivity index (χ0v) is 11.7. The molecule has 0 rings (SSSR count). The van der Waals surface area contributed by atoms with E-state index in [9.17, 15) is 9.59 Å². The molecule has 0 aliphatic heterocycles. The molecule has 0 aliphatic rings. The molecule has 0 fully saturated rings. The highest BCUT2D eigenvalue weighted by Crippen LogP contribution is 2.24. The van der Waals surface area contributed by atoms with Crippen LogP contribution in [-0.4, -0.2) is 29.0 Å². The Morgan fingerprint density at radius 3 is 1.65 bits per heavy atom. The lowest BCUT2D eigenvalue weighted by Crippen LogP contribution is -2.36. The fourth-order valence-corrected chi connectivity index (χ4v) is 1.12. The van der Waals surface area contributed by atoms with Crippen molar-refractivity contribution < 1.29 is 19.1 Å². The summed E-state index contributed by atoms with van der Waals surface area (Å²) in [7, 11) is 0. The highest BCUT2D eigenvalue weighted by Gasteiger charge is 2.31. The number of hydrogen-bond donors (Lipinski definition) is 0. The molecule has 6 heteroatoms. The number of ether oxygens (including phenoxy) is 2. The van der Waals surface area contributed by atoms with Gasteiger partial charge < -0.3 is 9.47 Å². The van der Waals surface area contributed by atoms with Gasteiger partial charge in [0.25, 0.3) is 6.29 Å². The molecule has 0 aromatic heterocycles. The third-order valence-electron chi connectivity index (χ3n) is 1.68. The van der Waals surface area contributed by atoms with Gasteiger partial charge in [-0.05, 0) is 10.7 Å². The molecule has 0 atom stereocenters. The van der Waals surface area contributed by atoms with E-state index in [1.165, 1.54) is 10.7 Å². The van der Waals surface area contributed by atoms with Crippen molar-refractivity contribution in [3.8, 4) is 0 Å². The van der Waals surface area contributed by atoms with Crippen molar-refractivity contribution in [3.63, 3.8) is 0 Å². The van der Waals surface area contributed by atoms with E-state index in [-0.39, 0.29) is 12.8 Å². The summed E-state index contributed by atoms with van der Waals surface area (Å²) >= 11 is 9.10. The molecule has 0 unspecified atom stereocenters. The van der Waals surface area contributed by atoms with Gasteiger partial charge in [0.05, 0.1) is 12.8 Å². The first-order valence-electron chi connectivity index (χ1n) is 5.07. The van der Waals surface area contributed by atoms with Crippen LogP contribution in [0.1, 0.15) is 33.6 Å². The predicted octanol–water partition coefficient (Wildman–Crippen LogP) is 2.22. The molecule has 0 aromatic rings. The van der Waals surface area contributed by atoms with Crippen molar-refractivity contribution in [1.29, 1.82) is 0 Å². The Morgan fingerprint density at radius 1 is 1.06 bits per heavy atom. The van der Waals surface area contributed by atoms with E-state index in [2.05, 4.69) is 24.4 Å². The van der Waals surface area contributed by atoms with Crippen molar-refractivity contribution in [2.45, 2.75) is 39.9 Å². The number of esters is 2. The molecule has 96 valence electrons. The van der Waals surface area contributed by atoms with Crippen LogP contribution in [-0.2, 0) is 19.1 Å². The maximum Gasteiger partial charge on any atom is 0.313 e. The SMILES string of the molecule is CC(C)(C)C(OC(=O)CC=S)OC(=O)CC=S. The van der Waals surface area contributed by atoms with Gasteiger partial charge in [-0.15, -0.1) is 0 Å². The van der Waals surface area contributed by atoms with Gasteiger partial charge in [0.2, 0.25) is 0 Å². The minimum absolute atomic E-state index is 0.00657. The Morgan fingerprint density at radius 2 is 1.41 bits per heavy atom. The second kappa shape index (κ2) is 7.45. The van der Waals surface area contributed by atoms with Crippen LogP contribution < -0.4 is 0 Å². The van der Waals surface area contributed by atoms with Gasteiger partial charge in [0.1, 0.15) is 0 Å². The molecule has 0 radical (unpaired) electrons. The van der Waals surface area contributed by atoms with E-state index in [1.54, 1.807) is 20.8 Å². The fraction of sp³-hybridized carbons (Fsp3) is 0.636. The summed E-state index contributed by atoms with van der Waals surface area (Å²) in [6.07, 6.45) is -0.924. The predicted molar refractivity (Wildman–Crippen MR) is 72.0 cm³/mol. The number of carbonyl (C=O) groups is 2. The Kier molecular flexibility index (Phi) is 7.06. The third-order valence-corrected chi connectivity index (χ3v) is 2.02. The first kappa shape index (κ1) is 16.1. The smallest absolute Gasteiger partial charge is 0.313 e. The monoisotopic (exact) mass is 276 g/mol. The second-order valence-electron chi connectivity index (χ2n) is 4.42. The second-order valence-corrected chi connectivity index (χ2v) is 5.09. The molecule has 0 saturated heterocycles. The summed E-state index contributed by atoms with van der Waals surface area (Å²) in [6, 6.07) is 0. The Balaban J connectivity index is 4.55. The van der Waals surface area contributed by atoms with E-state index in [4.69, 9.17) is 9.47 Å². The maximum absolute atomic E-state index is 11.3. The quantitative estimate of drug-likeness (QED) is 0.421. The van der Waals surface area contributed by atoms with Gasteiger partial charge >= 0.3 is 11.9 Å². The summed E-state index contributed by atoms with van der Waals surface area (Å²) in [5, 5.41) is 2.53. The molecule has 0 amide bonds. The highest BCUT2D eigenvalue weighted by molar-refractivity contribution is 7.79. The van der Waals surface area contributed by atoms with Crippen molar-refractivity contribution in [1.82, 2.24) is 0 Å². The van der Waals surface area contributed by atoms with E-state index in [1.807, 2.05) is 0 Å². The molecular formula is C11H16O4S2. The first-order valence-corrected chi connectivity index (χ1v) is 6.01. The minimum Gasteiger partial charge on any atom is -0.424 e. The molecule has 0 aromatic carbocycles. The number of thiocarbonyl (C=S) groups is 2. The molecule has 0 heterocycles. The Labute approximate surface area is 112 Å². The lowest BCUT2D eigenvalue weighted by Gasteiger charge is -2.29. The van der Waals surface area contributed by atoms with Gasteiger partial charge in [-0.1, -0.05) is 45.2 Å². The van der Waals surface area contributed by atoms with Gasteiger partial charge in [-0.25, -0.2) is 0 Å². The Hall–Kier alpha value is -0.880.